The Bertz CT molecular complexity index is 3180. The van der Waals surface area contributed by atoms with Crippen molar-refractivity contribution >= 4 is 43.7 Å². The number of nitrogens with zero attached hydrogens (tertiary/aromatic N) is 6. The fourth-order valence-electron chi connectivity index (χ4n) is 8.18. The number of para-hydroxylation sites is 3. The van der Waals surface area contributed by atoms with Crippen molar-refractivity contribution in [2.45, 2.75) is 0 Å². The maximum absolute atomic E-state index is 5.00. The minimum atomic E-state index is 0.793. The van der Waals surface area contributed by atoms with E-state index < -0.39 is 0 Å². The van der Waals surface area contributed by atoms with Crippen LogP contribution < -0.4 is 0 Å². The highest BCUT2D eigenvalue weighted by molar-refractivity contribution is 6.15. The van der Waals surface area contributed by atoms with Crippen molar-refractivity contribution < 1.29 is 0 Å². The Morgan fingerprint density at radius 3 is 1.79 bits per heavy atom. The van der Waals surface area contributed by atoms with Gasteiger partial charge in [-0.1, -0.05) is 84.9 Å². The number of hydrogen-bond donors (Lipinski definition) is 0. The summed E-state index contributed by atoms with van der Waals surface area (Å²) in [5.74, 6) is 0. The van der Waals surface area contributed by atoms with Crippen LogP contribution >= 0.6 is 0 Å². The Morgan fingerprint density at radius 2 is 1.00 bits per heavy atom. The normalized spacial score (nSPS) is 11.6. The van der Waals surface area contributed by atoms with Crippen LogP contribution in [0.3, 0.4) is 0 Å². The molecule has 6 nitrogen and oxygen atoms in total. The van der Waals surface area contributed by atoms with Crippen molar-refractivity contribution in [2.24, 2.45) is 0 Å². The standard InChI is InChI=1S/C50H32N6/c1-2-14-36(15-3-1)55-47-23-5-4-17-39(47)40-19-11-18-38(49(40)55)34-24-25-48-42(30-34)41-20-12-28-53-50(41)56(48)37-16-10-13-33(29-37)35-31-45(43-21-6-8-26-51-43)54-46(32-35)44-22-7-9-27-52-44/h1-32H. The molecule has 0 unspecified atom stereocenters. The van der Waals surface area contributed by atoms with E-state index >= 15 is 0 Å². The van der Waals surface area contributed by atoms with E-state index in [1.807, 2.05) is 48.7 Å². The molecule has 0 aliphatic heterocycles. The van der Waals surface area contributed by atoms with E-state index in [-0.39, 0.29) is 0 Å². The van der Waals surface area contributed by atoms with Crippen molar-refractivity contribution in [1.82, 2.24) is 29.1 Å². The molecule has 0 fully saturated rings. The number of hydrogen-bond acceptors (Lipinski definition) is 4. The lowest BCUT2D eigenvalue weighted by Crippen LogP contribution is -1.97. The van der Waals surface area contributed by atoms with Crippen LogP contribution in [0.1, 0.15) is 0 Å². The lowest BCUT2D eigenvalue weighted by Gasteiger charge is -2.13. The molecule has 11 rings (SSSR count). The summed E-state index contributed by atoms with van der Waals surface area (Å²) in [7, 11) is 0. The minimum absolute atomic E-state index is 0.793. The molecule has 5 aromatic carbocycles. The molecular weight excluding hydrogens is 685 g/mol. The number of fused-ring (bicyclic) bond motifs is 6. The summed E-state index contributed by atoms with van der Waals surface area (Å²) in [6, 6.07) is 61.7. The highest BCUT2D eigenvalue weighted by Gasteiger charge is 2.19. The summed E-state index contributed by atoms with van der Waals surface area (Å²) in [4.78, 5) is 19.2. The molecule has 0 saturated carbocycles. The number of rotatable bonds is 6. The molecular formula is C50H32N6. The van der Waals surface area contributed by atoms with Crippen LogP contribution in [0.15, 0.2) is 195 Å². The summed E-state index contributed by atoms with van der Waals surface area (Å²) in [6.07, 6.45) is 5.48. The number of pyridine rings is 4. The van der Waals surface area contributed by atoms with Crippen LogP contribution in [0.4, 0.5) is 0 Å². The van der Waals surface area contributed by atoms with Crippen molar-refractivity contribution in [1.29, 1.82) is 0 Å². The molecule has 0 aliphatic rings. The second-order valence-electron chi connectivity index (χ2n) is 13.9. The maximum atomic E-state index is 5.00. The number of benzene rings is 5. The molecule has 0 spiro atoms. The summed E-state index contributed by atoms with van der Waals surface area (Å²) in [5, 5.41) is 4.72. The second kappa shape index (κ2) is 13.0. The van der Waals surface area contributed by atoms with Crippen LogP contribution in [-0.4, -0.2) is 29.1 Å². The first kappa shape index (κ1) is 31.8. The average Bonchev–Trinajstić information content (AvgIpc) is 3.80. The first-order valence-corrected chi connectivity index (χ1v) is 18.7. The summed E-state index contributed by atoms with van der Waals surface area (Å²) < 4.78 is 4.68. The Labute approximate surface area is 322 Å². The van der Waals surface area contributed by atoms with Crippen LogP contribution in [0.2, 0.25) is 0 Å². The van der Waals surface area contributed by atoms with Gasteiger partial charge in [0.15, 0.2) is 0 Å². The SMILES string of the molecule is c1ccc(-n2c3ccccc3c3cccc(-c4ccc5c(c4)c4cccnc4n5-c4cccc(-c5cc(-c6ccccn6)nc(-c6ccccn6)c5)c4)c32)cc1. The van der Waals surface area contributed by atoms with E-state index in [9.17, 15) is 0 Å². The van der Waals surface area contributed by atoms with E-state index in [0.717, 1.165) is 72.8 Å². The fraction of sp³-hybridized carbons (Fsp3) is 0. The predicted octanol–water partition coefficient (Wildman–Crippen LogP) is 12.1. The Hall–Kier alpha value is -7.70. The smallest absolute Gasteiger partial charge is 0.145 e. The molecule has 0 saturated heterocycles. The lowest BCUT2D eigenvalue weighted by atomic mass is 10.00. The quantitative estimate of drug-likeness (QED) is 0.172. The first-order chi connectivity index (χ1) is 27.8. The van der Waals surface area contributed by atoms with Gasteiger partial charge in [0.2, 0.25) is 0 Å². The van der Waals surface area contributed by atoms with Crippen LogP contribution in [-0.2, 0) is 0 Å². The molecule has 6 heterocycles. The zero-order valence-corrected chi connectivity index (χ0v) is 30.2. The molecule has 11 aromatic rings. The third kappa shape index (κ3) is 5.19. The predicted molar refractivity (Wildman–Crippen MR) is 228 cm³/mol. The van der Waals surface area contributed by atoms with Crippen molar-refractivity contribution in [3.05, 3.63) is 195 Å². The van der Waals surface area contributed by atoms with Gasteiger partial charge in [-0.3, -0.25) is 14.5 Å². The summed E-state index contributed by atoms with van der Waals surface area (Å²) in [5.41, 5.74) is 14.2. The molecule has 6 aromatic heterocycles. The highest BCUT2D eigenvalue weighted by Crippen LogP contribution is 2.41. The van der Waals surface area contributed by atoms with Crippen LogP contribution in [0.25, 0.3) is 100 Å². The monoisotopic (exact) mass is 716 g/mol. The molecule has 0 amide bonds. The molecule has 0 radical (unpaired) electrons. The van der Waals surface area contributed by atoms with Gasteiger partial charge in [0, 0.05) is 57.1 Å². The molecule has 6 heteroatoms. The van der Waals surface area contributed by atoms with Crippen LogP contribution in [0.5, 0.6) is 0 Å². The van der Waals surface area contributed by atoms with Gasteiger partial charge >= 0.3 is 0 Å². The molecule has 262 valence electrons. The van der Waals surface area contributed by atoms with Crippen molar-refractivity contribution in [2.75, 3.05) is 0 Å². The zero-order valence-electron chi connectivity index (χ0n) is 30.2. The van der Waals surface area contributed by atoms with Gasteiger partial charge < -0.3 is 4.57 Å². The Balaban J connectivity index is 1.09. The lowest BCUT2D eigenvalue weighted by molar-refractivity contribution is 1.14. The van der Waals surface area contributed by atoms with Crippen molar-refractivity contribution in [3.63, 3.8) is 0 Å². The van der Waals surface area contributed by atoms with Gasteiger partial charge in [0.25, 0.3) is 0 Å². The van der Waals surface area contributed by atoms with E-state index in [2.05, 4.69) is 153 Å². The van der Waals surface area contributed by atoms with E-state index in [0.29, 0.717) is 0 Å². The van der Waals surface area contributed by atoms with E-state index in [1.54, 1.807) is 12.4 Å². The summed E-state index contributed by atoms with van der Waals surface area (Å²) in [6.45, 7) is 0. The van der Waals surface area contributed by atoms with Gasteiger partial charge in [0.05, 0.1) is 39.3 Å². The maximum Gasteiger partial charge on any atom is 0.145 e. The fourth-order valence-corrected chi connectivity index (χ4v) is 8.18. The zero-order chi connectivity index (χ0) is 37.0. The third-order valence-corrected chi connectivity index (χ3v) is 10.7. The molecule has 56 heavy (non-hydrogen) atoms. The first-order valence-electron chi connectivity index (χ1n) is 18.7. The van der Waals surface area contributed by atoms with Gasteiger partial charge in [-0.15, -0.1) is 0 Å². The Kier molecular flexibility index (Phi) is 7.38. The van der Waals surface area contributed by atoms with Crippen molar-refractivity contribution in [3.8, 4) is 56.4 Å². The van der Waals surface area contributed by atoms with E-state index in [1.165, 1.54) is 27.4 Å². The molecule has 0 aliphatic carbocycles. The number of aromatic nitrogens is 6. The molecule has 0 atom stereocenters. The van der Waals surface area contributed by atoms with Gasteiger partial charge in [-0.25, -0.2) is 9.97 Å². The Morgan fingerprint density at radius 1 is 0.339 bits per heavy atom. The van der Waals surface area contributed by atoms with Gasteiger partial charge in [-0.2, -0.15) is 0 Å². The third-order valence-electron chi connectivity index (χ3n) is 10.7. The highest BCUT2D eigenvalue weighted by atomic mass is 15.0. The van der Waals surface area contributed by atoms with Crippen LogP contribution in [0, 0.1) is 0 Å². The molecule has 0 N–H and O–H groups in total. The van der Waals surface area contributed by atoms with E-state index in [4.69, 9.17) is 9.97 Å². The minimum Gasteiger partial charge on any atom is -0.309 e. The largest absolute Gasteiger partial charge is 0.309 e. The summed E-state index contributed by atoms with van der Waals surface area (Å²) >= 11 is 0. The second-order valence-corrected chi connectivity index (χ2v) is 13.9. The molecule has 0 bridgehead atoms. The van der Waals surface area contributed by atoms with Gasteiger partial charge in [0.1, 0.15) is 5.65 Å². The average molecular weight is 717 g/mol. The topological polar surface area (TPSA) is 61.4 Å². The van der Waals surface area contributed by atoms with Gasteiger partial charge in [-0.05, 0) is 108 Å².